The van der Waals surface area contributed by atoms with Crippen molar-refractivity contribution < 1.29 is 13.9 Å². The molecule has 0 radical (unpaired) electrons. The summed E-state index contributed by atoms with van der Waals surface area (Å²) in [7, 11) is 0. The van der Waals surface area contributed by atoms with Crippen LogP contribution in [0.15, 0.2) is 15.2 Å². The van der Waals surface area contributed by atoms with Crippen molar-refractivity contribution in [1.29, 1.82) is 0 Å². The summed E-state index contributed by atoms with van der Waals surface area (Å²) in [6, 6.07) is 2.06. The van der Waals surface area contributed by atoms with Gasteiger partial charge in [-0.05, 0) is 41.8 Å². The van der Waals surface area contributed by atoms with E-state index in [0.717, 1.165) is 18.4 Å². The molecule has 1 aromatic heterocycles. The molecule has 0 N–H and O–H groups in total. The van der Waals surface area contributed by atoms with Gasteiger partial charge in [0.2, 0.25) is 0 Å². The molecule has 104 valence electrons. The van der Waals surface area contributed by atoms with Gasteiger partial charge in [-0.1, -0.05) is 12.8 Å². The van der Waals surface area contributed by atoms with E-state index in [0.29, 0.717) is 23.6 Å². The molecule has 0 bridgehead atoms. The third kappa shape index (κ3) is 2.46. The maximum Gasteiger partial charge on any atom is 0.290 e. The number of carbonyl (C=O) groups is 1. The van der Waals surface area contributed by atoms with Crippen LogP contribution < -0.4 is 0 Å². The third-order valence-corrected chi connectivity index (χ3v) is 4.47. The lowest BCUT2D eigenvalue weighted by Crippen LogP contribution is -2.54. The fourth-order valence-electron chi connectivity index (χ4n) is 3.13. The van der Waals surface area contributed by atoms with Gasteiger partial charge in [-0.25, -0.2) is 0 Å². The lowest BCUT2D eigenvalue weighted by atomic mass is 9.90. The second-order valence-corrected chi connectivity index (χ2v) is 6.10. The number of halogens is 1. The molecule has 2 heterocycles. The van der Waals surface area contributed by atoms with Gasteiger partial charge in [0, 0.05) is 12.1 Å². The minimum atomic E-state index is 0.00315. The van der Waals surface area contributed by atoms with E-state index in [-0.39, 0.29) is 18.1 Å². The zero-order valence-corrected chi connectivity index (χ0v) is 12.6. The first-order valence-corrected chi connectivity index (χ1v) is 7.64. The summed E-state index contributed by atoms with van der Waals surface area (Å²) < 4.78 is 11.9. The van der Waals surface area contributed by atoms with E-state index in [2.05, 4.69) is 15.9 Å². The van der Waals surface area contributed by atoms with Crippen LogP contribution in [0.4, 0.5) is 0 Å². The van der Waals surface area contributed by atoms with Gasteiger partial charge in [0.1, 0.15) is 0 Å². The van der Waals surface area contributed by atoms with E-state index in [4.69, 9.17) is 9.15 Å². The number of amides is 1. The monoisotopic (exact) mass is 327 g/mol. The minimum Gasteiger partial charge on any atom is -0.444 e. The number of carbonyl (C=O) groups excluding carboxylic acids is 1. The molecule has 1 aromatic rings. The van der Waals surface area contributed by atoms with Crippen LogP contribution in [0.3, 0.4) is 0 Å². The van der Waals surface area contributed by atoms with Crippen molar-refractivity contribution >= 4 is 21.8 Å². The number of nitrogens with zero attached hydrogens (tertiary/aromatic N) is 1. The van der Waals surface area contributed by atoms with E-state index in [9.17, 15) is 4.79 Å². The quantitative estimate of drug-likeness (QED) is 0.795. The van der Waals surface area contributed by atoms with E-state index in [1.54, 1.807) is 0 Å². The summed E-state index contributed by atoms with van der Waals surface area (Å²) in [4.78, 5) is 14.6. The molecule has 2 fully saturated rings. The van der Waals surface area contributed by atoms with Crippen molar-refractivity contribution in [3.05, 3.63) is 22.1 Å². The number of fused-ring (bicyclic) bond motifs is 1. The van der Waals surface area contributed by atoms with Crippen molar-refractivity contribution in [2.45, 2.75) is 44.8 Å². The van der Waals surface area contributed by atoms with Gasteiger partial charge in [0.15, 0.2) is 10.4 Å². The number of rotatable bonds is 1. The third-order valence-electron chi connectivity index (χ3n) is 4.07. The topological polar surface area (TPSA) is 42.7 Å². The van der Waals surface area contributed by atoms with E-state index >= 15 is 0 Å². The Kier molecular flexibility index (Phi) is 3.67. The molecule has 0 spiro atoms. The smallest absolute Gasteiger partial charge is 0.290 e. The number of aryl methyl sites for hydroxylation is 1. The van der Waals surface area contributed by atoms with Crippen LogP contribution in [0.1, 0.15) is 41.8 Å². The van der Waals surface area contributed by atoms with Gasteiger partial charge >= 0.3 is 0 Å². The lowest BCUT2D eigenvalue weighted by molar-refractivity contribution is -0.0760. The average molecular weight is 328 g/mol. The fraction of sp³-hybridized carbons (Fsp3) is 0.643. The molecular formula is C14H18BrNO3. The van der Waals surface area contributed by atoms with Crippen LogP contribution in [-0.2, 0) is 4.74 Å². The first-order chi connectivity index (χ1) is 9.16. The molecule has 5 heteroatoms. The van der Waals surface area contributed by atoms with Gasteiger partial charge in [0.25, 0.3) is 5.91 Å². The van der Waals surface area contributed by atoms with Gasteiger partial charge in [-0.3, -0.25) is 4.79 Å². The Morgan fingerprint density at radius 2 is 2.21 bits per heavy atom. The van der Waals surface area contributed by atoms with Crippen LogP contribution in [-0.4, -0.2) is 36.1 Å². The lowest BCUT2D eigenvalue weighted by Gasteiger charge is -2.43. The van der Waals surface area contributed by atoms with Gasteiger partial charge in [0.05, 0.1) is 18.8 Å². The SMILES string of the molecule is Cc1cc(Br)oc1C(=O)N1CCOC2CCCCC21. The summed E-state index contributed by atoms with van der Waals surface area (Å²) in [5, 5.41) is 0. The molecule has 4 nitrogen and oxygen atoms in total. The Bertz CT molecular complexity index is 483. The summed E-state index contributed by atoms with van der Waals surface area (Å²) in [6.07, 6.45) is 4.70. The number of furan rings is 1. The number of morpholine rings is 1. The molecule has 1 saturated carbocycles. The second-order valence-electron chi connectivity index (χ2n) is 5.32. The maximum atomic E-state index is 12.6. The highest BCUT2D eigenvalue weighted by molar-refractivity contribution is 9.10. The standard InChI is InChI=1S/C14H18BrNO3/c1-9-8-12(15)19-13(9)14(17)16-6-7-18-11-5-3-2-4-10(11)16/h8,10-11H,2-7H2,1H3. The first-order valence-electron chi connectivity index (χ1n) is 6.85. The van der Waals surface area contributed by atoms with Crippen molar-refractivity contribution in [3.8, 4) is 0 Å². The van der Waals surface area contributed by atoms with Crippen molar-refractivity contribution in [2.24, 2.45) is 0 Å². The Labute approximate surface area is 121 Å². The molecule has 2 unspecified atom stereocenters. The van der Waals surface area contributed by atoms with Crippen LogP contribution in [0.2, 0.25) is 0 Å². The molecule has 1 aliphatic carbocycles. The summed E-state index contributed by atoms with van der Waals surface area (Å²) in [6.45, 7) is 3.20. The summed E-state index contributed by atoms with van der Waals surface area (Å²) in [5.74, 6) is 0.460. The Morgan fingerprint density at radius 3 is 2.95 bits per heavy atom. The summed E-state index contributed by atoms with van der Waals surface area (Å²) in [5.41, 5.74) is 0.885. The van der Waals surface area contributed by atoms with Gasteiger partial charge in [-0.15, -0.1) is 0 Å². The number of ether oxygens (including phenoxy) is 1. The Morgan fingerprint density at radius 1 is 1.42 bits per heavy atom. The highest BCUT2D eigenvalue weighted by Crippen LogP contribution is 2.30. The van der Waals surface area contributed by atoms with Crippen LogP contribution in [0.5, 0.6) is 0 Å². The van der Waals surface area contributed by atoms with Crippen molar-refractivity contribution in [2.75, 3.05) is 13.2 Å². The number of hydrogen-bond donors (Lipinski definition) is 0. The van der Waals surface area contributed by atoms with Crippen LogP contribution in [0, 0.1) is 6.92 Å². The fourth-order valence-corrected chi connectivity index (χ4v) is 3.64. The molecule has 0 aromatic carbocycles. The highest BCUT2D eigenvalue weighted by atomic mass is 79.9. The molecule has 2 atom stereocenters. The number of hydrogen-bond acceptors (Lipinski definition) is 3. The second kappa shape index (κ2) is 5.29. The van der Waals surface area contributed by atoms with Crippen LogP contribution >= 0.6 is 15.9 Å². The maximum absolute atomic E-state index is 12.6. The van der Waals surface area contributed by atoms with Crippen molar-refractivity contribution in [3.63, 3.8) is 0 Å². The molecule has 19 heavy (non-hydrogen) atoms. The molecule has 1 saturated heterocycles. The average Bonchev–Trinajstić information content (AvgIpc) is 2.76. The predicted molar refractivity (Wildman–Crippen MR) is 74.2 cm³/mol. The zero-order valence-electron chi connectivity index (χ0n) is 11.0. The minimum absolute atomic E-state index is 0.00315. The Hall–Kier alpha value is -0.810. The molecular weight excluding hydrogens is 310 g/mol. The van der Waals surface area contributed by atoms with Gasteiger partial charge in [-0.2, -0.15) is 0 Å². The first kappa shape index (κ1) is 13.2. The Balaban J connectivity index is 1.83. The zero-order chi connectivity index (χ0) is 13.4. The molecule has 1 amide bonds. The molecule has 2 aliphatic rings. The van der Waals surface area contributed by atoms with Crippen molar-refractivity contribution in [1.82, 2.24) is 4.90 Å². The normalized spacial score (nSPS) is 27.2. The van der Waals surface area contributed by atoms with Crippen LogP contribution in [0.25, 0.3) is 0 Å². The predicted octanol–water partition coefficient (Wildman–Crippen LogP) is 3.13. The largest absolute Gasteiger partial charge is 0.444 e. The van der Waals surface area contributed by atoms with E-state index < -0.39 is 0 Å². The van der Waals surface area contributed by atoms with E-state index in [1.165, 1.54) is 12.8 Å². The van der Waals surface area contributed by atoms with E-state index in [1.807, 2.05) is 17.9 Å². The van der Waals surface area contributed by atoms with Gasteiger partial charge < -0.3 is 14.1 Å². The summed E-state index contributed by atoms with van der Waals surface area (Å²) >= 11 is 3.28. The molecule has 1 aliphatic heterocycles. The highest BCUT2D eigenvalue weighted by Gasteiger charge is 2.38. The molecule has 3 rings (SSSR count).